The van der Waals surface area contributed by atoms with E-state index in [0.717, 1.165) is 0 Å². The van der Waals surface area contributed by atoms with E-state index in [4.69, 9.17) is 11.6 Å². The van der Waals surface area contributed by atoms with Gasteiger partial charge in [0.1, 0.15) is 5.56 Å². The molecule has 3 rings (SSSR count). The van der Waals surface area contributed by atoms with Crippen LogP contribution in [0.3, 0.4) is 0 Å². The van der Waals surface area contributed by atoms with Gasteiger partial charge in [-0.25, -0.2) is 4.98 Å². The van der Waals surface area contributed by atoms with Crippen molar-refractivity contribution in [1.82, 2.24) is 14.7 Å². The second kappa shape index (κ2) is 7.57. The van der Waals surface area contributed by atoms with Crippen LogP contribution in [0, 0.1) is 5.92 Å². The number of nitrogens with zero attached hydrogens (tertiary/aromatic N) is 2. The Hall–Kier alpha value is -2.22. The molecule has 2 heterocycles. The van der Waals surface area contributed by atoms with Crippen molar-refractivity contribution < 1.29 is 9.90 Å². The van der Waals surface area contributed by atoms with Crippen molar-refractivity contribution in [1.29, 1.82) is 0 Å². The number of carbonyl (C=O) groups excluding carboxylic acids is 1. The Morgan fingerprint density at radius 2 is 2.12 bits per heavy atom. The van der Waals surface area contributed by atoms with Crippen LogP contribution in [0.1, 0.15) is 24.2 Å². The maximum Gasteiger partial charge on any atom is 0.271 e. The molecule has 2 aromatic heterocycles. The summed E-state index contributed by atoms with van der Waals surface area (Å²) in [4.78, 5) is 30.2. The molecular weight excluding hydrogens is 374 g/mol. The van der Waals surface area contributed by atoms with Gasteiger partial charge in [0.05, 0.1) is 18.3 Å². The van der Waals surface area contributed by atoms with Crippen LogP contribution in [-0.2, 0) is 0 Å². The van der Waals surface area contributed by atoms with Gasteiger partial charge in [0, 0.05) is 22.2 Å². The zero-order valence-electron chi connectivity index (χ0n) is 14.3. The summed E-state index contributed by atoms with van der Waals surface area (Å²) in [6, 6.07) is 6.75. The summed E-state index contributed by atoms with van der Waals surface area (Å²) in [5, 5.41) is 14.4. The lowest BCUT2D eigenvalue weighted by Crippen LogP contribution is -2.43. The molecule has 1 atom stereocenters. The zero-order valence-corrected chi connectivity index (χ0v) is 15.8. The van der Waals surface area contributed by atoms with Crippen molar-refractivity contribution in [2.24, 2.45) is 5.92 Å². The smallest absolute Gasteiger partial charge is 0.271 e. The first-order valence-electron chi connectivity index (χ1n) is 8.10. The molecule has 6 nitrogen and oxygen atoms in total. The van der Waals surface area contributed by atoms with Crippen molar-refractivity contribution in [2.45, 2.75) is 19.9 Å². The molecule has 0 aliphatic rings. The highest BCUT2D eigenvalue weighted by Gasteiger charge is 2.21. The minimum Gasteiger partial charge on any atom is -0.394 e. The van der Waals surface area contributed by atoms with E-state index in [-0.39, 0.29) is 18.1 Å². The Morgan fingerprint density at radius 1 is 1.38 bits per heavy atom. The SMILES string of the molecule is CC(C)[C@@H](CO)NC(=O)c1cnc2scc(-c3ccccc3Cl)n2c1=O. The van der Waals surface area contributed by atoms with E-state index < -0.39 is 17.5 Å². The third-order valence-corrected chi connectivity index (χ3v) is 5.33. The van der Waals surface area contributed by atoms with Crippen LogP contribution in [0.25, 0.3) is 16.2 Å². The molecule has 0 aliphatic heterocycles. The van der Waals surface area contributed by atoms with Crippen molar-refractivity contribution in [3.8, 4) is 11.3 Å². The van der Waals surface area contributed by atoms with E-state index in [1.165, 1.54) is 21.9 Å². The maximum atomic E-state index is 12.9. The summed E-state index contributed by atoms with van der Waals surface area (Å²) < 4.78 is 1.39. The molecule has 0 saturated heterocycles. The van der Waals surface area contributed by atoms with Crippen molar-refractivity contribution >= 4 is 33.8 Å². The number of halogens is 1. The number of aliphatic hydroxyl groups excluding tert-OH is 1. The zero-order chi connectivity index (χ0) is 18.8. The predicted molar refractivity (Wildman–Crippen MR) is 103 cm³/mol. The normalized spacial score (nSPS) is 12.5. The molecule has 26 heavy (non-hydrogen) atoms. The van der Waals surface area contributed by atoms with E-state index in [1.54, 1.807) is 17.5 Å². The minimum absolute atomic E-state index is 0.0308. The fourth-order valence-corrected chi connectivity index (χ4v) is 3.66. The van der Waals surface area contributed by atoms with Crippen LogP contribution in [0.4, 0.5) is 0 Å². The van der Waals surface area contributed by atoms with E-state index in [1.807, 2.05) is 26.0 Å². The second-order valence-corrected chi connectivity index (χ2v) is 7.45. The van der Waals surface area contributed by atoms with Crippen LogP contribution < -0.4 is 10.9 Å². The molecule has 2 N–H and O–H groups in total. The minimum atomic E-state index is -0.555. The fraction of sp³-hybridized carbons (Fsp3) is 0.278. The molecule has 1 aromatic carbocycles. The molecular formula is C18H18ClN3O3S. The van der Waals surface area contributed by atoms with Gasteiger partial charge in [-0.05, 0) is 12.0 Å². The number of amides is 1. The largest absolute Gasteiger partial charge is 0.394 e. The topological polar surface area (TPSA) is 83.7 Å². The molecule has 0 aliphatic carbocycles. The number of fused-ring (bicyclic) bond motifs is 1. The third-order valence-electron chi connectivity index (χ3n) is 4.16. The molecule has 0 unspecified atom stereocenters. The quantitative estimate of drug-likeness (QED) is 0.700. The first kappa shape index (κ1) is 18.6. The maximum absolute atomic E-state index is 12.9. The first-order valence-corrected chi connectivity index (χ1v) is 9.35. The van der Waals surface area contributed by atoms with Crippen LogP contribution in [0.2, 0.25) is 5.02 Å². The Morgan fingerprint density at radius 3 is 2.77 bits per heavy atom. The second-order valence-electron chi connectivity index (χ2n) is 6.20. The summed E-state index contributed by atoms with van der Waals surface area (Å²) in [5.41, 5.74) is 0.736. The summed E-state index contributed by atoms with van der Waals surface area (Å²) in [7, 11) is 0. The summed E-state index contributed by atoms with van der Waals surface area (Å²) in [6.07, 6.45) is 1.27. The number of benzene rings is 1. The third kappa shape index (κ3) is 3.38. The lowest BCUT2D eigenvalue weighted by Gasteiger charge is -2.19. The van der Waals surface area contributed by atoms with Gasteiger partial charge in [0.2, 0.25) is 0 Å². The Kier molecular flexibility index (Phi) is 5.41. The van der Waals surface area contributed by atoms with Crippen LogP contribution in [0.15, 0.2) is 40.6 Å². The standard InChI is InChI=1S/C18H18ClN3O3S/c1-10(2)14(8-23)21-16(24)12-7-20-18-22(17(12)25)15(9-26-18)11-5-3-4-6-13(11)19/h3-7,9-10,14,23H,8H2,1-2H3,(H,21,24)/t14-/m1/s1. The Balaban J connectivity index is 2.09. The van der Waals surface area contributed by atoms with Crippen LogP contribution >= 0.6 is 22.9 Å². The number of thiazole rings is 1. The number of nitrogens with one attached hydrogen (secondary N) is 1. The van der Waals surface area contributed by atoms with Crippen molar-refractivity contribution in [2.75, 3.05) is 6.61 Å². The van der Waals surface area contributed by atoms with Gasteiger partial charge < -0.3 is 10.4 Å². The molecule has 1 amide bonds. The Labute approximate surface area is 159 Å². The van der Waals surface area contributed by atoms with Gasteiger partial charge in [-0.1, -0.05) is 43.6 Å². The highest BCUT2D eigenvalue weighted by Crippen LogP contribution is 2.29. The van der Waals surface area contributed by atoms with Crippen molar-refractivity contribution in [3.05, 3.63) is 56.8 Å². The molecule has 0 fully saturated rings. The molecule has 0 radical (unpaired) electrons. The number of carbonyl (C=O) groups is 1. The summed E-state index contributed by atoms with van der Waals surface area (Å²) >= 11 is 7.55. The van der Waals surface area contributed by atoms with E-state index in [9.17, 15) is 14.7 Å². The number of aliphatic hydroxyl groups is 1. The average molecular weight is 392 g/mol. The number of hydrogen-bond acceptors (Lipinski definition) is 5. The lowest BCUT2D eigenvalue weighted by molar-refractivity contribution is 0.0895. The van der Waals surface area contributed by atoms with Crippen LogP contribution in [0.5, 0.6) is 0 Å². The molecule has 0 saturated carbocycles. The Bertz CT molecular complexity index is 1010. The number of rotatable bonds is 5. The molecule has 8 heteroatoms. The predicted octanol–water partition coefficient (Wildman–Crippen LogP) is 2.82. The molecule has 0 spiro atoms. The fourth-order valence-electron chi connectivity index (χ4n) is 2.57. The highest BCUT2D eigenvalue weighted by atomic mass is 35.5. The number of aromatic nitrogens is 2. The molecule has 0 bridgehead atoms. The van der Waals surface area contributed by atoms with E-state index in [0.29, 0.717) is 21.2 Å². The van der Waals surface area contributed by atoms with Gasteiger partial charge in [-0.2, -0.15) is 0 Å². The monoisotopic (exact) mass is 391 g/mol. The lowest BCUT2D eigenvalue weighted by atomic mass is 10.1. The van der Waals surface area contributed by atoms with Gasteiger partial charge in [0.25, 0.3) is 11.5 Å². The summed E-state index contributed by atoms with van der Waals surface area (Å²) in [6.45, 7) is 3.55. The van der Waals surface area contributed by atoms with Gasteiger partial charge in [-0.3, -0.25) is 14.0 Å². The first-order chi connectivity index (χ1) is 12.4. The number of hydrogen-bond donors (Lipinski definition) is 2. The van der Waals surface area contributed by atoms with E-state index >= 15 is 0 Å². The molecule has 136 valence electrons. The summed E-state index contributed by atoms with van der Waals surface area (Å²) in [5.74, 6) is -0.524. The highest BCUT2D eigenvalue weighted by molar-refractivity contribution is 7.15. The van der Waals surface area contributed by atoms with E-state index in [2.05, 4.69) is 10.3 Å². The average Bonchev–Trinajstić information content (AvgIpc) is 3.04. The van der Waals surface area contributed by atoms with Crippen LogP contribution in [-0.4, -0.2) is 33.0 Å². The van der Waals surface area contributed by atoms with Gasteiger partial charge in [-0.15, -0.1) is 11.3 Å². The molecule has 3 aromatic rings. The van der Waals surface area contributed by atoms with Gasteiger partial charge in [0.15, 0.2) is 4.96 Å². The van der Waals surface area contributed by atoms with Crippen molar-refractivity contribution in [3.63, 3.8) is 0 Å². The van der Waals surface area contributed by atoms with Gasteiger partial charge >= 0.3 is 0 Å².